The quantitative estimate of drug-likeness (QED) is 0.920. The van der Waals surface area contributed by atoms with E-state index >= 15 is 0 Å². The molecule has 4 rings (SSSR count). The van der Waals surface area contributed by atoms with E-state index in [1.165, 1.54) is 16.1 Å². The highest BCUT2D eigenvalue weighted by molar-refractivity contribution is 8.01. The van der Waals surface area contributed by atoms with Gasteiger partial charge in [0.15, 0.2) is 0 Å². The molecule has 1 saturated heterocycles. The van der Waals surface area contributed by atoms with Crippen molar-refractivity contribution in [2.75, 3.05) is 43.4 Å². The number of anilines is 2. The summed E-state index contributed by atoms with van der Waals surface area (Å²) in [6.07, 6.45) is 0.812. The Kier molecular flexibility index (Phi) is 4.68. The van der Waals surface area contributed by atoms with Gasteiger partial charge < -0.3 is 15.1 Å². The summed E-state index contributed by atoms with van der Waals surface area (Å²) in [4.78, 5) is 18.5. The van der Waals surface area contributed by atoms with Gasteiger partial charge in [-0.2, -0.15) is 0 Å². The van der Waals surface area contributed by atoms with Crippen LogP contribution in [0.1, 0.15) is 5.56 Å². The molecule has 25 heavy (non-hydrogen) atoms. The van der Waals surface area contributed by atoms with E-state index in [4.69, 9.17) is 0 Å². The lowest BCUT2D eigenvalue weighted by atomic mass is 10.1. The maximum absolute atomic E-state index is 12.6. The van der Waals surface area contributed by atoms with Crippen molar-refractivity contribution < 1.29 is 4.79 Å². The Morgan fingerprint density at radius 1 is 1.04 bits per heavy atom. The van der Waals surface area contributed by atoms with E-state index in [0.29, 0.717) is 0 Å². The minimum absolute atomic E-state index is 0.0327. The molecular formula is C20H23N3OS. The van der Waals surface area contributed by atoms with Crippen LogP contribution in [-0.2, 0) is 11.2 Å². The van der Waals surface area contributed by atoms with Gasteiger partial charge >= 0.3 is 0 Å². The van der Waals surface area contributed by atoms with Gasteiger partial charge in [0.25, 0.3) is 0 Å². The van der Waals surface area contributed by atoms with E-state index in [-0.39, 0.29) is 11.2 Å². The summed E-state index contributed by atoms with van der Waals surface area (Å²) in [5.41, 5.74) is 3.38. The zero-order valence-corrected chi connectivity index (χ0v) is 15.3. The summed E-state index contributed by atoms with van der Waals surface area (Å²) in [5.74, 6) is 0.0912. The van der Waals surface area contributed by atoms with Crippen LogP contribution in [0, 0.1) is 0 Å². The maximum atomic E-state index is 12.6. The fraction of sp³-hybridized carbons (Fsp3) is 0.350. The van der Waals surface area contributed by atoms with Crippen molar-refractivity contribution in [2.24, 2.45) is 0 Å². The maximum Gasteiger partial charge on any atom is 0.238 e. The standard InChI is InChI=1S/C20H23N3OS/c1-22-10-12-23(13-11-22)17-8-6-16(7-9-17)21-20(24)19-14-15-4-2-3-5-18(15)25-19/h2-9,19H,10-14H2,1H3,(H,21,24). The summed E-state index contributed by atoms with van der Waals surface area (Å²) in [6, 6.07) is 16.5. The number of thioether (sulfide) groups is 1. The molecule has 4 nitrogen and oxygen atoms in total. The van der Waals surface area contributed by atoms with Crippen LogP contribution in [0.25, 0.3) is 0 Å². The molecule has 2 aliphatic heterocycles. The molecule has 0 spiro atoms. The van der Waals surface area contributed by atoms with Crippen molar-refractivity contribution in [1.29, 1.82) is 0 Å². The first-order valence-corrected chi connectivity index (χ1v) is 9.66. The molecule has 2 aromatic carbocycles. The molecule has 2 aromatic rings. The second-order valence-electron chi connectivity index (χ2n) is 6.74. The second-order valence-corrected chi connectivity index (χ2v) is 7.99. The number of hydrogen-bond acceptors (Lipinski definition) is 4. The molecule has 2 aliphatic rings. The van der Waals surface area contributed by atoms with Crippen LogP contribution in [-0.4, -0.2) is 49.3 Å². The Bertz CT molecular complexity index is 729. The van der Waals surface area contributed by atoms with Crippen LogP contribution in [0.15, 0.2) is 53.4 Å². The van der Waals surface area contributed by atoms with Crippen molar-refractivity contribution in [3.05, 3.63) is 54.1 Å². The first kappa shape index (κ1) is 16.5. The van der Waals surface area contributed by atoms with Gasteiger partial charge in [0, 0.05) is 42.4 Å². The lowest BCUT2D eigenvalue weighted by molar-refractivity contribution is -0.115. The number of carbonyl (C=O) groups is 1. The highest BCUT2D eigenvalue weighted by Crippen LogP contribution is 2.37. The van der Waals surface area contributed by atoms with Crippen molar-refractivity contribution in [2.45, 2.75) is 16.6 Å². The summed E-state index contributed by atoms with van der Waals surface area (Å²) in [6.45, 7) is 4.30. The largest absolute Gasteiger partial charge is 0.369 e. The number of nitrogens with one attached hydrogen (secondary N) is 1. The van der Waals surface area contributed by atoms with Crippen LogP contribution in [0.2, 0.25) is 0 Å². The zero-order chi connectivity index (χ0) is 17.2. The van der Waals surface area contributed by atoms with E-state index in [0.717, 1.165) is 38.3 Å². The van der Waals surface area contributed by atoms with Gasteiger partial charge in [-0.1, -0.05) is 18.2 Å². The Morgan fingerprint density at radius 3 is 2.48 bits per heavy atom. The third-order valence-corrected chi connectivity index (χ3v) is 6.26. The number of nitrogens with zero attached hydrogens (tertiary/aromatic N) is 2. The molecule has 1 fully saturated rings. The Labute approximate surface area is 153 Å². The van der Waals surface area contributed by atoms with Gasteiger partial charge in [0.2, 0.25) is 5.91 Å². The van der Waals surface area contributed by atoms with Crippen LogP contribution >= 0.6 is 11.8 Å². The summed E-state index contributed by atoms with van der Waals surface area (Å²) < 4.78 is 0. The number of benzene rings is 2. The number of hydrogen-bond donors (Lipinski definition) is 1. The first-order valence-electron chi connectivity index (χ1n) is 8.78. The lowest BCUT2D eigenvalue weighted by Crippen LogP contribution is -2.44. The molecule has 0 aliphatic carbocycles. The lowest BCUT2D eigenvalue weighted by Gasteiger charge is -2.34. The normalized spacial score (nSPS) is 20.4. The topological polar surface area (TPSA) is 35.6 Å². The van der Waals surface area contributed by atoms with Crippen LogP contribution in [0.3, 0.4) is 0 Å². The van der Waals surface area contributed by atoms with Gasteiger partial charge in [-0.05, 0) is 49.4 Å². The SMILES string of the molecule is CN1CCN(c2ccc(NC(=O)C3Cc4ccccc4S3)cc2)CC1. The Balaban J connectivity index is 1.36. The molecule has 1 amide bonds. The summed E-state index contributed by atoms with van der Waals surface area (Å²) in [5, 5.41) is 3.04. The molecule has 0 radical (unpaired) electrons. The number of carbonyl (C=O) groups excluding carboxylic acids is 1. The van der Waals surface area contributed by atoms with Crippen molar-refractivity contribution >= 4 is 29.0 Å². The van der Waals surface area contributed by atoms with E-state index in [1.807, 2.05) is 24.3 Å². The molecule has 1 unspecified atom stereocenters. The number of likely N-dealkylation sites (N-methyl/N-ethyl adjacent to an activating group) is 1. The van der Waals surface area contributed by atoms with Gasteiger partial charge in [-0.25, -0.2) is 0 Å². The van der Waals surface area contributed by atoms with Gasteiger partial charge in [-0.15, -0.1) is 11.8 Å². The average Bonchev–Trinajstić information content (AvgIpc) is 3.07. The zero-order valence-electron chi connectivity index (χ0n) is 14.4. The minimum atomic E-state index is -0.0327. The molecule has 0 aromatic heterocycles. The van der Waals surface area contributed by atoms with Gasteiger partial charge in [-0.3, -0.25) is 4.79 Å². The molecular weight excluding hydrogens is 330 g/mol. The molecule has 2 heterocycles. The highest BCUT2D eigenvalue weighted by atomic mass is 32.2. The van der Waals surface area contributed by atoms with E-state index in [1.54, 1.807) is 11.8 Å². The number of amides is 1. The van der Waals surface area contributed by atoms with Crippen LogP contribution in [0.4, 0.5) is 11.4 Å². The summed E-state index contributed by atoms with van der Waals surface area (Å²) in [7, 11) is 2.16. The van der Waals surface area contributed by atoms with Crippen LogP contribution in [0.5, 0.6) is 0 Å². The van der Waals surface area contributed by atoms with Crippen molar-refractivity contribution in [1.82, 2.24) is 4.90 Å². The third kappa shape index (κ3) is 3.67. The molecule has 5 heteroatoms. The minimum Gasteiger partial charge on any atom is -0.369 e. The number of piperazine rings is 1. The van der Waals surface area contributed by atoms with Gasteiger partial charge in [0.05, 0.1) is 5.25 Å². The molecule has 130 valence electrons. The molecule has 0 saturated carbocycles. The van der Waals surface area contributed by atoms with E-state index < -0.39 is 0 Å². The first-order chi connectivity index (χ1) is 12.2. The monoisotopic (exact) mass is 353 g/mol. The predicted octanol–water partition coefficient (Wildman–Crippen LogP) is 3.09. The molecule has 1 atom stereocenters. The van der Waals surface area contributed by atoms with Crippen LogP contribution < -0.4 is 10.2 Å². The predicted molar refractivity (Wildman–Crippen MR) is 105 cm³/mol. The highest BCUT2D eigenvalue weighted by Gasteiger charge is 2.28. The fourth-order valence-electron chi connectivity index (χ4n) is 3.37. The van der Waals surface area contributed by atoms with Crippen molar-refractivity contribution in [3.63, 3.8) is 0 Å². The molecule has 0 bridgehead atoms. The van der Waals surface area contributed by atoms with E-state index in [2.05, 4.69) is 46.4 Å². The Morgan fingerprint density at radius 2 is 1.76 bits per heavy atom. The smallest absolute Gasteiger partial charge is 0.238 e. The van der Waals surface area contributed by atoms with Gasteiger partial charge in [0.1, 0.15) is 0 Å². The third-order valence-electron chi connectivity index (χ3n) is 4.94. The average molecular weight is 353 g/mol. The number of rotatable bonds is 3. The summed E-state index contributed by atoms with van der Waals surface area (Å²) >= 11 is 1.66. The van der Waals surface area contributed by atoms with E-state index in [9.17, 15) is 4.79 Å². The second kappa shape index (κ2) is 7.10. The van der Waals surface area contributed by atoms with Crippen molar-refractivity contribution in [3.8, 4) is 0 Å². The number of fused-ring (bicyclic) bond motifs is 1. The fourth-order valence-corrected chi connectivity index (χ4v) is 4.57. The Hall–Kier alpha value is -1.98. The molecule has 1 N–H and O–H groups in total.